The lowest BCUT2D eigenvalue weighted by atomic mass is 9.96. The fraction of sp³-hybridized carbons (Fsp3) is 0.471. The molecule has 2 rings (SSSR count). The minimum absolute atomic E-state index is 0.0356. The number of aryl methyl sites for hydroxylation is 1. The molecule has 0 bridgehead atoms. The van der Waals surface area contributed by atoms with Gasteiger partial charge in [0.2, 0.25) is 5.56 Å². The summed E-state index contributed by atoms with van der Waals surface area (Å²) >= 11 is 0. The second kappa shape index (κ2) is 8.52. The highest BCUT2D eigenvalue weighted by atomic mass is 16.1. The molecule has 0 aliphatic heterocycles. The van der Waals surface area contributed by atoms with Crippen molar-refractivity contribution < 1.29 is 0 Å². The van der Waals surface area contributed by atoms with Crippen LogP contribution in [0.4, 0.5) is 0 Å². The number of hydrogen-bond acceptors (Lipinski definition) is 1. The van der Waals surface area contributed by atoms with E-state index in [1.165, 1.54) is 5.56 Å². The van der Waals surface area contributed by atoms with E-state index in [0.717, 1.165) is 16.5 Å². The summed E-state index contributed by atoms with van der Waals surface area (Å²) in [5, 5.41) is 1.16. The van der Waals surface area contributed by atoms with Crippen LogP contribution in [0, 0.1) is 6.92 Å². The van der Waals surface area contributed by atoms with E-state index < -0.39 is 0 Å². The Morgan fingerprint density at radius 3 is 2.05 bits per heavy atom. The predicted octanol–water partition coefficient (Wildman–Crippen LogP) is 5.01. The number of fused-ring (bicyclic) bond motifs is 1. The Labute approximate surface area is 116 Å². The van der Waals surface area contributed by atoms with Crippen molar-refractivity contribution in [3.05, 3.63) is 45.7 Å². The van der Waals surface area contributed by atoms with Crippen LogP contribution in [-0.2, 0) is 0 Å². The second-order valence-electron chi connectivity index (χ2n) is 4.24. The van der Waals surface area contributed by atoms with Crippen molar-refractivity contribution in [1.29, 1.82) is 0 Å². The van der Waals surface area contributed by atoms with Crippen molar-refractivity contribution in [3.63, 3.8) is 0 Å². The van der Waals surface area contributed by atoms with E-state index in [-0.39, 0.29) is 5.56 Å². The lowest BCUT2D eigenvalue weighted by Gasteiger charge is -2.11. The standard InChI is InChI=1S/C13H15NO.2C2H6/c1-8(2)10-5-4-9(3)13-11(10)6-7-12(15)14-13;2*1-2/h4-8H,1-3H3,(H,14,15);2*1-2H3. The summed E-state index contributed by atoms with van der Waals surface area (Å²) in [6.45, 7) is 14.3. The van der Waals surface area contributed by atoms with E-state index in [1.54, 1.807) is 6.07 Å². The van der Waals surface area contributed by atoms with E-state index in [9.17, 15) is 4.79 Å². The van der Waals surface area contributed by atoms with Gasteiger partial charge in [0.1, 0.15) is 0 Å². The Morgan fingerprint density at radius 2 is 1.53 bits per heavy atom. The lowest BCUT2D eigenvalue weighted by Crippen LogP contribution is -2.05. The molecule has 0 unspecified atom stereocenters. The Hall–Kier alpha value is -1.57. The van der Waals surface area contributed by atoms with Crippen LogP contribution in [0.15, 0.2) is 29.1 Å². The molecule has 0 aliphatic rings. The van der Waals surface area contributed by atoms with Gasteiger partial charge in [-0.3, -0.25) is 4.79 Å². The highest BCUT2D eigenvalue weighted by Gasteiger charge is 2.06. The molecule has 0 atom stereocenters. The summed E-state index contributed by atoms with van der Waals surface area (Å²) in [5.74, 6) is 0.471. The van der Waals surface area contributed by atoms with Gasteiger partial charge in [0.25, 0.3) is 0 Å². The zero-order valence-corrected chi connectivity index (χ0v) is 13.3. The van der Waals surface area contributed by atoms with Gasteiger partial charge in [0, 0.05) is 11.5 Å². The zero-order chi connectivity index (χ0) is 15.0. The van der Waals surface area contributed by atoms with Gasteiger partial charge in [-0.25, -0.2) is 0 Å². The number of benzene rings is 1. The Balaban J connectivity index is 0.000000741. The maximum Gasteiger partial charge on any atom is 0.248 e. The first-order valence-corrected chi connectivity index (χ1v) is 7.22. The summed E-state index contributed by atoms with van der Waals surface area (Å²) in [6.07, 6.45) is 0. The van der Waals surface area contributed by atoms with Gasteiger partial charge in [-0.1, -0.05) is 53.7 Å². The number of aromatic nitrogens is 1. The molecule has 2 nitrogen and oxygen atoms in total. The largest absolute Gasteiger partial charge is 0.322 e. The number of nitrogens with one attached hydrogen (secondary N) is 1. The Bertz CT molecular complexity index is 553. The van der Waals surface area contributed by atoms with Crippen LogP contribution in [0.5, 0.6) is 0 Å². The van der Waals surface area contributed by atoms with Gasteiger partial charge >= 0.3 is 0 Å². The molecule has 1 N–H and O–H groups in total. The van der Waals surface area contributed by atoms with E-state index in [2.05, 4.69) is 31.0 Å². The summed E-state index contributed by atoms with van der Waals surface area (Å²) in [5.41, 5.74) is 3.33. The lowest BCUT2D eigenvalue weighted by molar-refractivity contribution is 0.875. The maximum atomic E-state index is 11.3. The molecule has 0 radical (unpaired) electrons. The number of pyridine rings is 1. The molecule has 1 aromatic carbocycles. The summed E-state index contributed by atoms with van der Waals surface area (Å²) < 4.78 is 0. The highest BCUT2D eigenvalue weighted by molar-refractivity contribution is 5.85. The van der Waals surface area contributed by atoms with Gasteiger partial charge in [0.15, 0.2) is 0 Å². The van der Waals surface area contributed by atoms with E-state index in [0.29, 0.717) is 5.92 Å². The molecule has 106 valence electrons. The van der Waals surface area contributed by atoms with Crippen molar-refractivity contribution in [1.82, 2.24) is 4.98 Å². The van der Waals surface area contributed by atoms with Gasteiger partial charge in [-0.05, 0) is 30.0 Å². The smallest absolute Gasteiger partial charge is 0.248 e. The highest BCUT2D eigenvalue weighted by Crippen LogP contribution is 2.25. The van der Waals surface area contributed by atoms with E-state index in [1.807, 2.05) is 40.7 Å². The molecule has 0 amide bonds. The number of rotatable bonds is 1. The van der Waals surface area contributed by atoms with Crippen molar-refractivity contribution in [2.45, 2.75) is 54.4 Å². The fourth-order valence-electron chi connectivity index (χ4n) is 1.92. The molecular weight excluding hydrogens is 234 g/mol. The summed E-state index contributed by atoms with van der Waals surface area (Å²) in [6, 6.07) is 7.71. The van der Waals surface area contributed by atoms with Crippen molar-refractivity contribution in [2.75, 3.05) is 0 Å². The molecule has 1 heterocycles. The quantitative estimate of drug-likeness (QED) is 0.768. The number of aromatic amines is 1. The van der Waals surface area contributed by atoms with Crippen LogP contribution in [0.25, 0.3) is 10.9 Å². The molecule has 2 aromatic rings. The van der Waals surface area contributed by atoms with Crippen molar-refractivity contribution in [3.8, 4) is 0 Å². The Morgan fingerprint density at radius 1 is 0.947 bits per heavy atom. The van der Waals surface area contributed by atoms with Crippen molar-refractivity contribution in [2.24, 2.45) is 0 Å². The normalized spacial score (nSPS) is 9.47. The summed E-state index contributed by atoms with van der Waals surface area (Å²) in [4.78, 5) is 14.2. The van der Waals surface area contributed by atoms with Crippen LogP contribution in [0.3, 0.4) is 0 Å². The second-order valence-corrected chi connectivity index (χ2v) is 4.24. The van der Waals surface area contributed by atoms with Gasteiger partial charge in [0.05, 0.1) is 5.52 Å². The minimum Gasteiger partial charge on any atom is -0.322 e. The van der Waals surface area contributed by atoms with Crippen molar-refractivity contribution >= 4 is 10.9 Å². The first-order valence-electron chi connectivity index (χ1n) is 7.22. The van der Waals surface area contributed by atoms with Gasteiger partial charge in [-0.15, -0.1) is 0 Å². The third-order valence-corrected chi connectivity index (χ3v) is 2.76. The Kier molecular flexibility index (Phi) is 7.81. The molecular formula is C17H27NO. The molecule has 2 heteroatoms. The van der Waals surface area contributed by atoms with Crippen LogP contribution in [0.1, 0.15) is 58.6 Å². The number of H-pyrrole nitrogens is 1. The molecule has 0 fully saturated rings. The fourth-order valence-corrected chi connectivity index (χ4v) is 1.92. The third kappa shape index (κ3) is 4.23. The van der Waals surface area contributed by atoms with Crippen LogP contribution in [0.2, 0.25) is 0 Å². The van der Waals surface area contributed by atoms with Gasteiger partial charge in [-0.2, -0.15) is 0 Å². The maximum absolute atomic E-state index is 11.3. The van der Waals surface area contributed by atoms with E-state index >= 15 is 0 Å². The summed E-state index contributed by atoms with van der Waals surface area (Å²) in [7, 11) is 0. The molecule has 0 aliphatic carbocycles. The predicted molar refractivity (Wildman–Crippen MR) is 86.1 cm³/mol. The monoisotopic (exact) mass is 261 g/mol. The molecule has 0 spiro atoms. The third-order valence-electron chi connectivity index (χ3n) is 2.76. The van der Waals surface area contributed by atoms with E-state index in [4.69, 9.17) is 0 Å². The first kappa shape index (κ1) is 17.4. The topological polar surface area (TPSA) is 32.9 Å². The first-order chi connectivity index (χ1) is 9.09. The SMILES string of the molecule is CC.CC.Cc1ccc(C(C)C)c2ccc(=O)[nH]c12. The molecule has 19 heavy (non-hydrogen) atoms. The average Bonchev–Trinajstić information content (AvgIpc) is 2.44. The average molecular weight is 261 g/mol. The molecule has 0 saturated carbocycles. The van der Waals surface area contributed by atoms with Gasteiger partial charge < -0.3 is 4.98 Å². The minimum atomic E-state index is -0.0356. The van der Waals surface area contributed by atoms with Crippen LogP contribution < -0.4 is 5.56 Å². The zero-order valence-electron chi connectivity index (χ0n) is 13.3. The number of hydrogen-bond donors (Lipinski definition) is 1. The molecule has 1 aromatic heterocycles. The molecule has 0 saturated heterocycles. The van der Waals surface area contributed by atoms with Crippen LogP contribution >= 0.6 is 0 Å². The van der Waals surface area contributed by atoms with Crippen LogP contribution in [-0.4, -0.2) is 4.98 Å².